The minimum atomic E-state index is -1.42. The monoisotopic (exact) mass is 913 g/mol. The molecule has 4 aliphatic rings. The molecular weight excluding hydrogens is 851 g/mol. The van der Waals surface area contributed by atoms with E-state index in [0.717, 1.165) is 17.7 Å². The minimum absolute atomic E-state index is 0.0196. The van der Waals surface area contributed by atoms with E-state index >= 15 is 0 Å². The second-order valence-electron chi connectivity index (χ2n) is 18.5. The second kappa shape index (κ2) is 20.6. The lowest BCUT2D eigenvalue weighted by Crippen LogP contribution is -2.45. The highest BCUT2D eigenvalue weighted by Gasteiger charge is 2.44. The third-order valence-corrected chi connectivity index (χ3v) is 14.7. The van der Waals surface area contributed by atoms with Crippen LogP contribution in [0.25, 0.3) is 0 Å². The standard InChI is InChI=1S/C47H63N5O10Si2/c1-10-13-32-22-38-46(55)51(30-59-18-20-63(4,5)6)36-26-42(40(57-2)24-34(36)44(53)49(38)28-32)61-16-12-17-62-43-27-37-35(25-41(43)58-3)45(54)50-29-33(14-11-15-48)23-39(50)47(56)52(37)31-60-19-21-64(7,8)9/h10,13,24-29,38-39H,12,15-23,30-31,48H2,1-9H3/t38-,39-/m0/s1. The number of methoxy groups -OCH3 is 2. The fourth-order valence-corrected chi connectivity index (χ4v) is 9.23. The zero-order chi connectivity index (χ0) is 46.3. The van der Waals surface area contributed by atoms with Gasteiger partial charge in [0, 0.05) is 78.7 Å². The molecule has 2 aromatic carbocycles. The first-order chi connectivity index (χ1) is 30.5. The molecule has 0 fully saturated rings. The average molecular weight is 914 g/mol. The number of hydrogen-bond donors (Lipinski definition) is 1. The van der Waals surface area contributed by atoms with Crippen molar-refractivity contribution in [1.29, 1.82) is 0 Å². The molecule has 0 aromatic heterocycles. The average Bonchev–Trinajstić information content (AvgIpc) is 3.85. The number of nitrogens with zero attached hydrogens (tertiary/aromatic N) is 4. The van der Waals surface area contributed by atoms with Crippen LogP contribution < -0.4 is 34.5 Å². The lowest BCUT2D eigenvalue weighted by atomic mass is 10.1. The molecule has 4 aliphatic heterocycles. The Morgan fingerprint density at radius 2 is 1.17 bits per heavy atom. The van der Waals surface area contributed by atoms with Crippen molar-refractivity contribution in [1.82, 2.24) is 9.80 Å². The van der Waals surface area contributed by atoms with E-state index in [2.05, 4.69) is 51.1 Å². The van der Waals surface area contributed by atoms with E-state index in [4.69, 9.17) is 34.2 Å². The van der Waals surface area contributed by atoms with E-state index in [0.29, 0.717) is 71.6 Å². The van der Waals surface area contributed by atoms with Crippen LogP contribution in [0.3, 0.4) is 0 Å². The number of nitrogens with two attached hydrogens (primary N) is 1. The Labute approximate surface area is 379 Å². The van der Waals surface area contributed by atoms with E-state index in [1.165, 1.54) is 28.9 Å². The van der Waals surface area contributed by atoms with Crippen LogP contribution >= 0.6 is 0 Å². The fourth-order valence-electron chi connectivity index (χ4n) is 7.71. The van der Waals surface area contributed by atoms with Gasteiger partial charge in [-0.3, -0.25) is 29.0 Å². The van der Waals surface area contributed by atoms with Crippen molar-refractivity contribution in [3.63, 3.8) is 0 Å². The molecule has 6 rings (SSSR count). The number of fused-ring (bicyclic) bond motifs is 4. The molecule has 4 amide bonds. The Morgan fingerprint density at radius 1 is 0.688 bits per heavy atom. The van der Waals surface area contributed by atoms with Gasteiger partial charge in [0.1, 0.15) is 25.5 Å². The molecule has 0 saturated carbocycles. The topological polar surface area (TPSA) is 163 Å². The van der Waals surface area contributed by atoms with Gasteiger partial charge in [0.15, 0.2) is 23.0 Å². The normalized spacial score (nSPS) is 18.5. The summed E-state index contributed by atoms with van der Waals surface area (Å²) in [7, 11) is 0.160. The van der Waals surface area contributed by atoms with Crippen LogP contribution in [0.1, 0.15) is 46.9 Å². The Kier molecular flexibility index (Phi) is 15.5. The molecule has 17 heteroatoms. The molecule has 344 valence electrons. The number of carbonyl (C=O) groups is 4. The maximum atomic E-state index is 14.3. The van der Waals surface area contributed by atoms with Gasteiger partial charge in [-0.1, -0.05) is 63.3 Å². The highest BCUT2D eigenvalue weighted by atomic mass is 28.3. The van der Waals surface area contributed by atoms with E-state index in [1.807, 2.05) is 19.1 Å². The lowest BCUT2D eigenvalue weighted by molar-refractivity contribution is -0.123. The number of amides is 4. The summed E-state index contributed by atoms with van der Waals surface area (Å²) >= 11 is 0. The molecule has 0 saturated heterocycles. The minimum Gasteiger partial charge on any atom is -0.493 e. The van der Waals surface area contributed by atoms with Crippen molar-refractivity contribution >= 4 is 51.2 Å². The first kappa shape index (κ1) is 48.1. The number of ether oxygens (including phenoxy) is 6. The third kappa shape index (κ3) is 11.1. The van der Waals surface area contributed by atoms with Crippen LogP contribution in [0.15, 0.2) is 60.0 Å². The Morgan fingerprint density at radius 3 is 1.62 bits per heavy atom. The van der Waals surface area contributed by atoms with Gasteiger partial charge in [-0.2, -0.15) is 0 Å². The van der Waals surface area contributed by atoms with Crippen molar-refractivity contribution in [2.75, 3.05) is 70.5 Å². The molecule has 64 heavy (non-hydrogen) atoms. The lowest BCUT2D eigenvalue weighted by Gasteiger charge is -2.27. The van der Waals surface area contributed by atoms with Crippen LogP contribution in [-0.4, -0.2) is 122 Å². The van der Waals surface area contributed by atoms with Gasteiger partial charge in [0.25, 0.3) is 23.6 Å². The molecule has 2 aromatic rings. The van der Waals surface area contributed by atoms with Crippen molar-refractivity contribution in [2.24, 2.45) is 5.73 Å². The maximum Gasteiger partial charge on any atom is 0.260 e. The van der Waals surface area contributed by atoms with Gasteiger partial charge in [0.05, 0.1) is 56.5 Å². The summed E-state index contributed by atoms with van der Waals surface area (Å²) in [4.78, 5) is 62.7. The molecule has 0 bridgehead atoms. The van der Waals surface area contributed by atoms with Crippen molar-refractivity contribution in [3.05, 3.63) is 71.1 Å². The predicted molar refractivity (Wildman–Crippen MR) is 251 cm³/mol. The summed E-state index contributed by atoms with van der Waals surface area (Å²) in [5, 5.41) is 0. The number of hydrogen-bond acceptors (Lipinski definition) is 11. The molecule has 15 nitrogen and oxygen atoms in total. The zero-order valence-electron chi connectivity index (χ0n) is 38.7. The highest BCUT2D eigenvalue weighted by molar-refractivity contribution is 6.76. The molecule has 0 radical (unpaired) electrons. The van der Waals surface area contributed by atoms with Crippen LogP contribution in [0.2, 0.25) is 51.4 Å². The van der Waals surface area contributed by atoms with E-state index in [-0.39, 0.29) is 68.8 Å². The molecule has 2 N–H and O–H groups in total. The highest BCUT2D eigenvalue weighted by Crippen LogP contribution is 2.42. The summed E-state index contributed by atoms with van der Waals surface area (Å²) in [6, 6.07) is 6.86. The smallest absolute Gasteiger partial charge is 0.260 e. The fraction of sp³-hybridized carbons (Fsp3) is 0.489. The quantitative estimate of drug-likeness (QED) is 0.0918. The zero-order valence-corrected chi connectivity index (χ0v) is 40.7. The summed E-state index contributed by atoms with van der Waals surface area (Å²) in [5.41, 5.74) is 8.44. The Hall–Kier alpha value is -5.39. The number of allylic oxidation sites excluding steroid dienone is 2. The molecule has 0 spiro atoms. The molecule has 0 unspecified atom stereocenters. The Balaban J connectivity index is 1.21. The van der Waals surface area contributed by atoms with Gasteiger partial charge in [0.2, 0.25) is 0 Å². The van der Waals surface area contributed by atoms with Crippen molar-refractivity contribution < 1.29 is 47.6 Å². The summed E-state index contributed by atoms with van der Waals surface area (Å²) in [6.45, 7) is 16.9. The van der Waals surface area contributed by atoms with Gasteiger partial charge in [-0.05, 0) is 36.7 Å². The van der Waals surface area contributed by atoms with Crippen molar-refractivity contribution in [2.45, 2.75) is 89.6 Å². The second-order valence-corrected chi connectivity index (χ2v) is 29.8. The summed E-state index contributed by atoms with van der Waals surface area (Å²) < 4.78 is 36.2. The first-order valence-electron chi connectivity index (χ1n) is 21.8. The van der Waals surface area contributed by atoms with Gasteiger partial charge >= 0.3 is 0 Å². The predicted octanol–water partition coefficient (Wildman–Crippen LogP) is 6.60. The van der Waals surface area contributed by atoms with Gasteiger partial charge in [-0.15, -0.1) is 0 Å². The number of rotatable bonds is 19. The molecule has 0 aliphatic carbocycles. The van der Waals surface area contributed by atoms with Crippen molar-refractivity contribution in [3.8, 4) is 34.8 Å². The van der Waals surface area contributed by atoms with E-state index in [9.17, 15) is 19.2 Å². The number of benzene rings is 2. The number of carbonyl (C=O) groups excluding carboxylic acids is 4. The largest absolute Gasteiger partial charge is 0.493 e. The SMILES string of the molecule is CC=CC1=CN2C(=O)c3cc(OC)c(OCCCOc4cc5c(cc4OC)C(=O)N4C=C(C#CCN)C[C@H]4C(=O)N5COCC[Si](C)(C)C)cc3N(COCC[Si](C)(C)C)C(=O)[C@@H]2C1. The summed E-state index contributed by atoms with van der Waals surface area (Å²) in [5.74, 6) is 5.91. The van der Waals surface area contributed by atoms with Crippen LogP contribution in [0, 0.1) is 11.8 Å². The third-order valence-electron chi connectivity index (χ3n) is 11.3. The van der Waals surface area contributed by atoms with E-state index in [1.54, 1.807) is 41.6 Å². The summed E-state index contributed by atoms with van der Waals surface area (Å²) in [6.07, 6.45) is 8.22. The molecular formula is C47H63N5O10Si2. The van der Waals surface area contributed by atoms with Gasteiger partial charge in [-0.25, -0.2) is 0 Å². The molecule has 2 atom stereocenters. The maximum absolute atomic E-state index is 14.3. The van der Waals surface area contributed by atoms with Crippen LogP contribution in [-0.2, 0) is 19.1 Å². The van der Waals surface area contributed by atoms with Gasteiger partial charge < -0.3 is 44.0 Å². The first-order valence-corrected chi connectivity index (χ1v) is 29.3. The van der Waals surface area contributed by atoms with E-state index < -0.39 is 28.2 Å². The Bertz CT molecular complexity index is 2270. The van der Waals surface area contributed by atoms with Crippen LogP contribution in [0.5, 0.6) is 23.0 Å². The van der Waals surface area contributed by atoms with Crippen LogP contribution in [0.4, 0.5) is 11.4 Å². The number of anilines is 2. The molecule has 4 heterocycles.